The predicted octanol–water partition coefficient (Wildman–Crippen LogP) is 2.38. The van der Waals surface area contributed by atoms with E-state index in [4.69, 9.17) is 18.0 Å². The highest BCUT2D eigenvalue weighted by Gasteiger charge is 2.39. The Kier molecular flexibility index (Phi) is 6.56. The number of nitrogens with one attached hydrogen (secondary N) is 1. The molecule has 3 nitrogen and oxygen atoms in total. The Bertz CT molecular complexity index is 245. The van der Waals surface area contributed by atoms with Crippen LogP contribution in [0.4, 0.5) is 0 Å². The van der Waals surface area contributed by atoms with Crippen LogP contribution in [0.15, 0.2) is 0 Å². The molecule has 1 amide bonds. The van der Waals surface area contributed by atoms with E-state index >= 15 is 0 Å². The first kappa shape index (κ1) is 15.4. The van der Waals surface area contributed by atoms with E-state index in [1.165, 1.54) is 0 Å². The average Bonchev–Trinajstić information content (AvgIpc) is 2.15. The third-order valence-corrected chi connectivity index (χ3v) is 3.07. The Morgan fingerprint density at radius 1 is 1.31 bits per heavy atom. The number of thiocarbonyl (C=S) groups is 1. The van der Waals surface area contributed by atoms with E-state index in [0.29, 0.717) is 4.99 Å². The summed E-state index contributed by atoms with van der Waals surface area (Å²) in [5.74, 6) is -0.0151. The van der Waals surface area contributed by atoms with Gasteiger partial charge in [0.1, 0.15) is 0 Å². The molecule has 0 saturated carbocycles. The molecule has 16 heavy (non-hydrogen) atoms. The molecule has 0 saturated heterocycles. The van der Waals surface area contributed by atoms with Crippen LogP contribution in [0.25, 0.3) is 0 Å². The van der Waals surface area contributed by atoms with Gasteiger partial charge in [-0.25, -0.2) is 0 Å². The monoisotopic (exact) mass is 244 g/mol. The third-order valence-electron chi connectivity index (χ3n) is 2.68. The minimum Gasteiger partial charge on any atom is -0.392 e. The predicted molar refractivity (Wildman–Crippen MR) is 72.3 cm³/mol. The van der Waals surface area contributed by atoms with Crippen molar-refractivity contribution in [2.75, 3.05) is 0 Å². The van der Waals surface area contributed by atoms with Gasteiger partial charge in [-0.15, -0.1) is 0 Å². The van der Waals surface area contributed by atoms with E-state index in [1.54, 1.807) is 0 Å². The fraction of sp³-hybridized carbons (Fsp3) is 0.833. The zero-order valence-electron chi connectivity index (χ0n) is 10.8. The van der Waals surface area contributed by atoms with Gasteiger partial charge in [0.15, 0.2) is 0 Å². The minimum atomic E-state index is -0.650. The summed E-state index contributed by atoms with van der Waals surface area (Å²) in [6.07, 6.45) is 3.27. The van der Waals surface area contributed by atoms with Crippen molar-refractivity contribution < 1.29 is 4.79 Å². The molecule has 3 N–H and O–H groups in total. The molecule has 0 aliphatic carbocycles. The number of amides is 1. The van der Waals surface area contributed by atoms with Crippen LogP contribution >= 0.6 is 12.2 Å². The molecule has 0 aromatic carbocycles. The van der Waals surface area contributed by atoms with E-state index in [1.807, 2.05) is 27.7 Å². The summed E-state index contributed by atoms with van der Waals surface area (Å²) >= 11 is 5.11. The Balaban J connectivity index is 5.00. The van der Waals surface area contributed by atoms with Gasteiger partial charge in [-0.3, -0.25) is 4.79 Å². The van der Waals surface area contributed by atoms with Crippen LogP contribution < -0.4 is 11.1 Å². The SMILES string of the molecule is CCCC(CCC)(C(=O)NC(C)C)C(N)=S. The van der Waals surface area contributed by atoms with Crippen LogP contribution in [0.3, 0.4) is 0 Å². The summed E-state index contributed by atoms with van der Waals surface area (Å²) in [5, 5.41) is 2.93. The van der Waals surface area contributed by atoms with E-state index in [2.05, 4.69) is 5.32 Å². The highest BCUT2D eigenvalue weighted by Crippen LogP contribution is 2.31. The van der Waals surface area contributed by atoms with Crippen LogP contribution in [0.5, 0.6) is 0 Å². The number of carbonyl (C=O) groups excluding carboxylic acids is 1. The van der Waals surface area contributed by atoms with E-state index in [-0.39, 0.29) is 11.9 Å². The van der Waals surface area contributed by atoms with Crippen molar-refractivity contribution in [3.63, 3.8) is 0 Å². The molecule has 0 aliphatic heterocycles. The van der Waals surface area contributed by atoms with Crippen molar-refractivity contribution in [3.8, 4) is 0 Å². The Morgan fingerprint density at radius 2 is 1.75 bits per heavy atom. The highest BCUT2D eigenvalue weighted by molar-refractivity contribution is 7.80. The second kappa shape index (κ2) is 6.84. The smallest absolute Gasteiger partial charge is 0.233 e. The number of rotatable bonds is 7. The van der Waals surface area contributed by atoms with Gasteiger partial charge in [0.05, 0.1) is 10.4 Å². The molecule has 0 atom stereocenters. The summed E-state index contributed by atoms with van der Waals surface area (Å²) in [6, 6.07) is 0.120. The number of carbonyl (C=O) groups is 1. The van der Waals surface area contributed by atoms with Gasteiger partial charge < -0.3 is 11.1 Å². The molecule has 0 rings (SSSR count). The molecule has 0 aromatic rings. The van der Waals surface area contributed by atoms with Crippen molar-refractivity contribution in [2.45, 2.75) is 59.4 Å². The lowest BCUT2D eigenvalue weighted by molar-refractivity contribution is -0.128. The zero-order chi connectivity index (χ0) is 12.8. The van der Waals surface area contributed by atoms with Gasteiger partial charge in [0.2, 0.25) is 5.91 Å². The quantitative estimate of drug-likeness (QED) is 0.676. The van der Waals surface area contributed by atoms with Crippen molar-refractivity contribution >= 4 is 23.1 Å². The van der Waals surface area contributed by atoms with Crippen LogP contribution in [0, 0.1) is 5.41 Å². The normalized spacial score (nSPS) is 11.6. The molecule has 94 valence electrons. The largest absolute Gasteiger partial charge is 0.392 e. The molecule has 0 aromatic heterocycles. The first-order valence-corrected chi connectivity index (χ1v) is 6.42. The van der Waals surface area contributed by atoms with Crippen LogP contribution in [-0.2, 0) is 4.79 Å². The molecular formula is C12H24N2OS. The summed E-state index contributed by atoms with van der Waals surface area (Å²) in [5.41, 5.74) is 5.14. The van der Waals surface area contributed by atoms with Crippen LogP contribution in [-0.4, -0.2) is 16.9 Å². The molecule has 0 fully saturated rings. The first-order valence-electron chi connectivity index (χ1n) is 6.01. The fourth-order valence-electron chi connectivity index (χ4n) is 1.96. The maximum atomic E-state index is 12.2. The van der Waals surface area contributed by atoms with Gasteiger partial charge in [-0.2, -0.15) is 0 Å². The maximum absolute atomic E-state index is 12.2. The Labute approximate surface area is 104 Å². The second-order valence-electron chi connectivity index (χ2n) is 4.57. The summed E-state index contributed by atoms with van der Waals surface area (Å²) in [7, 11) is 0. The fourth-order valence-corrected chi connectivity index (χ4v) is 2.26. The maximum Gasteiger partial charge on any atom is 0.233 e. The lowest BCUT2D eigenvalue weighted by Gasteiger charge is -2.31. The Morgan fingerprint density at radius 3 is 2.00 bits per heavy atom. The zero-order valence-corrected chi connectivity index (χ0v) is 11.6. The Hall–Kier alpha value is -0.640. The van der Waals surface area contributed by atoms with E-state index in [9.17, 15) is 4.79 Å². The van der Waals surface area contributed by atoms with Crippen molar-refractivity contribution in [1.29, 1.82) is 0 Å². The number of nitrogens with two attached hydrogens (primary N) is 1. The summed E-state index contributed by atoms with van der Waals surface area (Å²) in [6.45, 7) is 7.98. The third kappa shape index (κ3) is 3.74. The standard InChI is InChI=1S/C12H24N2OS/c1-5-7-12(8-6-2,10(13)16)11(15)14-9(3)4/h9H,5-8H2,1-4H3,(H2,13,16)(H,14,15). The van der Waals surface area contributed by atoms with Crippen LogP contribution in [0.1, 0.15) is 53.4 Å². The molecule has 0 aliphatic rings. The van der Waals surface area contributed by atoms with E-state index < -0.39 is 5.41 Å². The molecule has 0 spiro atoms. The van der Waals surface area contributed by atoms with E-state index in [0.717, 1.165) is 25.7 Å². The molecule has 0 radical (unpaired) electrons. The van der Waals surface area contributed by atoms with Crippen LogP contribution in [0.2, 0.25) is 0 Å². The average molecular weight is 244 g/mol. The first-order chi connectivity index (χ1) is 7.40. The molecule has 0 unspecified atom stereocenters. The molecule has 4 heteroatoms. The molecular weight excluding hydrogens is 220 g/mol. The molecule has 0 bridgehead atoms. The van der Waals surface area contributed by atoms with Gasteiger partial charge in [0, 0.05) is 6.04 Å². The molecule has 0 heterocycles. The number of hydrogen-bond donors (Lipinski definition) is 2. The van der Waals surface area contributed by atoms with Gasteiger partial charge in [0.25, 0.3) is 0 Å². The summed E-state index contributed by atoms with van der Waals surface area (Å²) in [4.78, 5) is 12.5. The second-order valence-corrected chi connectivity index (χ2v) is 5.01. The van der Waals surface area contributed by atoms with Gasteiger partial charge in [-0.05, 0) is 26.7 Å². The number of hydrogen-bond acceptors (Lipinski definition) is 2. The van der Waals surface area contributed by atoms with Gasteiger partial charge >= 0.3 is 0 Å². The lowest BCUT2D eigenvalue weighted by atomic mass is 9.78. The minimum absolute atomic E-state index is 0.0151. The van der Waals surface area contributed by atoms with Crippen molar-refractivity contribution in [1.82, 2.24) is 5.32 Å². The lowest BCUT2D eigenvalue weighted by Crippen LogP contribution is -2.50. The topological polar surface area (TPSA) is 55.1 Å². The van der Waals surface area contributed by atoms with Gasteiger partial charge in [-0.1, -0.05) is 38.9 Å². The highest BCUT2D eigenvalue weighted by atomic mass is 32.1. The van der Waals surface area contributed by atoms with Crippen molar-refractivity contribution in [3.05, 3.63) is 0 Å². The van der Waals surface area contributed by atoms with Crippen molar-refractivity contribution in [2.24, 2.45) is 11.1 Å². The summed E-state index contributed by atoms with van der Waals surface area (Å²) < 4.78 is 0.